The van der Waals surface area contributed by atoms with E-state index in [2.05, 4.69) is 23.2 Å². The minimum absolute atomic E-state index is 0.0489. The van der Waals surface area contributed by atoms with Crippen LogP contribution < -0.4 is 16.0 Å². The number of carbonyl (C=O) groups is 1. The van der Waals surface area contributed by atoms with Gasteiger partial charge < -0.3 is 21.1 Å². The molecule has 1 heterocycles. The third-order valence-electron chi connectivity index (χ3n) is 6.49. The van der Waals surface area contributed by atoms with E-state index >= 15 is 0 Å². The molecule has 1 saturated carbocycles. The Balaban J connectivity index is 1.81. The zero-order chi connectivity index (χ0) is 21.6. The number of nitrogens with one attached hydrogen (secondary N) is 1. The summed E-state index contributed by atoms with van der Waals surface area (Å²) in [7, 11) is 0. The topological polar surface area (TPSA) is 102 Å². The Morgan fingerprint density at radius 2 is 2.03 bits per heavy atom. The summed E-state index contributed by atoms with van der Waals surface area (Å²) in [6.07, 6.45) is 1.69. The van der Waals surface area contributed by atoms with E-state index in [-0.39, 0.29) is 18.0 Å². The lowest BCUT2D eigenvalue weighted by Crippen LogP contribution is -2.52. The molecule has 2 aromatic rings. The van der Waals surface area contributed by atoms with Crippen molar-refractivity contribution in [2.24, 2.45) is 17.6 Å². The minimum Gasteiger partial charge on any atom is -0.378 e. The van der Waals surface area contributed by atoms with Crippen LogP contribution in [0, 0.1) is 30.1 Å². The number of primary amides is 1. The number of hydrogen-bond acceptors (Lipinski definition) is 5. The van der Waals surface area contributed by atoms with Gasteiger partial charge in [-0.2, -0.15) is 5.26 Å². The normalized spacial score (nSPS) is 24.0. The summed E-state index contributed by atoms with van der Waals surface area (Å²) in [5.41, 5.74) is 10.4. The molecule has 2 aromatic carbocycles. The number of hydrogen-bond donors (Lipinski definition) is 3. The van der Waals surface area contributed by atoms with Gasteiger partial charge in [-0.1, -0.05) is 6.92 Å². The van der Waals surface area contributed by atoms with Crippen molar-refractivity contribution in [3.05, 3.63) is 58.7 Å². The fraction of sp³-hybridized carbons (Fsp3) is 0.417. The highest BCUT2D eigenvalue weighted by Crippen LogP contribution is 2.50. The van der Waals surface area contributed by atoms with Crippen molar-refractivity contribution in [1.29, 1.82) is 5.26 Å². The molecular formula is C24H28N4O2. The molecule has 1 aliphatic heterocycles. The number of aliphatic hydroxyl groups excluding tert-OH is 1. The number of anilines is 2. The first-order valence-electron chi connectivity index (χ1n) is 10.5. The summed E-state index contributed by atoms with van der Waals surface area (Å²) in [6, 6.07) is 13.6. The zero-order valence-corrected chi connectivity index (χ0v) is 17.6. The number of benzene rings is 2. The van der Waals surface area contributed by atoms with Crippen molar-refractivity contribution in [3.8, 4) is 6.07 Å². The number of amides is 1. The Kier molecular flexibility index (Phi) is 5.17. The molecule has 156 valence electrons. The maximum absolute atomic E-state index is 11.9. The lowest BCUT2D eigenvalue weighted by Gasteiger charge is -2.48. The minimum atomic E-state index is -0.630. The van der Waals surface area contributed by atoms with Crippen LogP contribution in [-0.4, -0.2) is 23.3 Å². The van der Waals surface area contributed by atoms with E-state index < -0.39 is 12.1 Å². The Morgan fingerprint density at radius 3 is 2.60 bits per heavy atom. The Bertz CT molecular complexity index is 1020. The Morgan fingerprint density at radius 1 is 1.30 bits per heavy atom. The second-order valence-corrected chi connectivity index (χ2v) is 8.63. The van der Waals surface area contributed by atoms with Gasteiger partial charge in [0, 0.05) is 28.9 Å². The second kappa shape index (κ2) is 7.66. The maximum atomic E-state index is 11.9. The molecule has 2 aliphatic rings. The molecule has 30 heavy (non-hydrogen) atoms. The van der Waals surface area contributed by atoms with Crippen LogP contribution in [0.4, 0.5) is 11.4 Å². The van der Waals surface area contributed by atoms with Crippen molar-refractivity contribution < 1.29 is 9.90 Å². The van der Waals surface area contributed by atoms with E-state index in [4.69, 9.17) is 5.73 Å². The molecular weight excluding hydrogens is 376 g/mol. The van der Waals surface area contributed by atoms with Crippen molar-refractivity contribution in [1.82, 2.24) is 0 Å². The number of aliphatic hydroxyl groups is 1. The monoisotopic (exact) mass is 404 g/mol. The third kappa shape index (κ3) is 3.50. The zero-order valence-electron chi connectivity index (χ0n) is 17.6. The van der Waals surface area contributed by atoms with E-state index in [1.165, 1.54) is 0 Å². The molecule has 4 atom stereocenters. The molecule has 4 N–H and O–H groups in total. The molecule has 0 aromatic heterocycles. The second-order valence-electron chi connectivity index (χ2n) is 8.63. The van der Waals surface area contributed by atoms with Gasteiger partial charge in [0.05, 0.1) is 17.7 Å². The van der Waals surface area contributed by atoms with Gasteiger partial charge in [0.15, 0.2) is 0 Å². The number of fused-ring (bicyclic) bond motifs is 1. The van der Waals surface area contributed by atoms with Crippen molar-refractivity contribution in [2.75, 3.05) is 10.2 Å². The first-order chi connectivity index (χ1) is 14.3. The summed E-state index contributed by atoms with van der Waals surface area (Å²) in [4.78, 5) is 14.0. The first-order valence-corrected chi connectivity index (χ1v) is 10.5. The van der Waals surface area contributed by atoms with Crippen molar-refractivity contribution in [3.63, 3.8) is 0 Å². The highest BCUT2D eigenvalue weighted by atomic mass is 16.3. The summed E-state index contributed by atoms with van der Waals surface area (Å²) in [6.45, 7) is 5.92. The van der Waals surface area contributed by atoms with Gasteiger partial charge in [-0.3, -0.25) is 4.79 Å². The van der Waals surface area contributed by atoms with Crippen molar-refractivity contribution in [2.45, 2.75) is 51.9 Å². The van der Waals surface area contributed by atoms with E-state index in [1.54, 1.807) is 13.0 Å². The Labute approximate surface area is 177 Å². The fourth-order valence-electron chi connectivity index (χ4n) is 4.90. The van der Waals surface area contributed by atoms with Crippen LogP contribution in [0.3, 0.4) is 0 Å². The van der Waals surface area contributed by atoms with E-state index in [9.17, 15) is 15.2 Å². The van der Waals surface area contributed by atoms with Gasteiger partial charge in [-0.25, -0.2) is 0 Å². The number of carbonyl (C=O) groups excluding carboxylic acids is 1. The molecule has 0 bridgehead atoms. The maximum Gasteiger partial charge on any atom is 0.248 e. The van der Waals surface area contributed by atoms with Gasteiger partial charge in [-0.05, 0) is 80.1 Å². The Hall–Kier alpha value is -3.04. The van der Waals surface area contributed by atoms with Gasteiger partial charge in [0.1, 0.15) is 6.23 Å². The molecule has 4 rings (SSSR count). The summed E-state index contributed by atoms with van der Waals surface area (Å²) in [5.74, 6) is 0.274. The van der Waals surface area contributed by atoms with Crippen LogP contribution in [0.25, 0.3) is 0 Å². The van der Waals surface area contributed by atoms with Crippen LogP contribution in [0.2, 0.25) is 0 Å². The summed E-state index contributed by atoms with van der Waals surface area (Å²) >= 11 is 0. The standard InChI is InChI=1S/C24H28N4O2/c1-13-10-19(8-6-18(13)12-25)27-22-14(2)23(16-4-5-16)28(15(3)29)21-9-7-17(24(26)30)11-20(21)22/h6-11,14-16,22-23,27,29H,4-5H2,1-3H3,(H2,26,30)/t14-,15?,22-,23-/m1/s1. The number of nitrogens with zero attached hydrogens (tertiary/aromatic N) is 2. The quantitative estimate of drug-likeness (QED) is 0.705. The highest BCUT2D eigenvalue weighted by Gasteiger charge is 2.47. The molecule has 6 heteroatoms. The molecule has 6 nitrogen and oxygen atoms in total. The first kappa shape index (κ1) is 20.2. The van der Waals surface area contributed by atoms with Gasteiger partial charge in [-0.15, -0.1) is 0 Å². The fourth-order valence-corrected chi connectivity index (χ4v) is 4.90. The predicted molar refractivity (Wildman–Crippen MR) is 117 cm³/mol. The average molecular weight is 405 g/mol. The molecule has 1 fully saturated rings. The lowest BCUT2D eigenvalue weighted by molar-refractivity contribution is 0.1000. The van der Waals surface area contributed by atoms with Gasteiger partial charge >= 0.3 is 0 Å². The van der Waals surface area contributed by atoms with Crippen LogP contribution in [0.5, 0.6) is 0 Å². The molecule has 0 saturated heterocycles. The molecule has 0 radical (unpaired) electrons. The van der Waals surface area contributed by atoms with Gasteiger partial charge in [0.2, 0.25) is 5.91 Å². The van der Waals surface area contributed by atoms with Crippen LogP contribution in [-0.2, 0) is 0 Å². The molecule has 1 amide bonds. The number of nitriles is 1. The van der Waals surface area contributed by atoms with Crippen LogP contribution >= 0.6 is 0 Å². The van der Waals surface area contributed by atoms with E-state index in [0.29, 0.717) is 17.0 Å². The van der Waals surface area contributed by atoms with Crippen LogP contribution in [0.1, 0.15) is 59.8 Å². The van der Waals surface area contributed by atoms with Crippen LogP contribution in [0.15, 0.2) is 36.4 Å². The largest absolute Gasteiger partial charge is 0.378 e. The number of rotatable bonds is 5. The molecule has 1 unspecified atom stereocenters. The van der Waals surface area contributed by atoms with E-state index in [0.717, 1.165) is 35.3 Å². The van der Waals surface area contributed by atoms with E-state index in [1.807, 2.05) is 37.3 Å². The lowest BCUT2D eigenvalue weighted by atomic mass is 9.79. The molecule has 1 aliphatic carbocycles. The SMILES string of the molecule is Cc1cc(N[C@H]2c3cc(C(N)=O)ccc3N(C(C)O)[C@@H](C3CC3)[C@@H]2C)ccc1C#N. The van der Waals surface area contributed by atoms with Crippen molar-refractivity contribution >= 4 is 17.3 Å². The summed E-state index contributed by atoms with van der Waals surface area (Å²) in [5, 5.41) is 23.5. The smallest absolute Gasteiger partial charge is 0.248 e. The molecule has 0 spiro atoms. The number of aryl methyl sites for hydroxylation is 1. The predicted octanol–water partition coefficient (Wildman–Crippen LogP) is 3.69. The average Bonchev–Trinajstić information content (AvgIpc) is 3.54. The third-order valence-corrected chi connectivity index (χ3v) is 6.49. The summed E-state index contributed by atoms with van der Waals surface area (Å²) < 4.78 is 0. The van der Waals surface area contributed by atoms with Gasteiger partial charge in [0.25, 0.3) is 0 Å². The highest BCUT2D eigenvalue weighted by molar-refractivity contribution is 5.93. The number of nitrogens with two attached hydrogens (primary N) is 1.